The van der Waals surface area contributed by atoms with Gasteiger partial charge >= 0.3 is 0 Å². The van der Waals surface area contributed by atoms with Crippen molar-refractivity contribution < 1.29 is 13.5 Å². The SMILES string of the molecule is Cc1c(Cl)cccc1S(=O)(=O)N1CC(O)(C(C)C)C1. The van der Waals surface area contributed by atoms with E-state index in [2.05, 4.69) is 0 Å². The number of hydrogen-bond donors (Lipinski definition) is 1. The molecule has 1 heterocycles. The highest BCUT2D eigenvalue weighted by Gasteiger charge is 2.49. The molecular formula is C13H18ClNO3S. The molecule has 0 spiro atoms. The van der Waals surface area contributed by atoms with E-state index in [9.17, 15) is 13.5 Å². The van der Waals surface area contributed by atoms with Gasteiger partial charge in [0.1, 0.15) is 0 Å². The topological polar surface area (TPSA) is 57.6 Å². The molecule has 0 aromatic heterocycles. The number of halogens is 1. The number of aliphatic hydroxyl groups is 1. The Morgan fingerprint density at radius 2 is 1.95 bits per heavy atom. The van der Waals surface area contributed by atoms with Crippen LogP contribution < -0.4 is 0 Å². The van der Waals surface area contributed by atoms with E-state index in [1.807, 2.05) is 13.8 Å². The van der Waals surface area contributed by atoms with Crippen LogP contribution in [-0.2, 0) is 10.0 Å². The summed E-state index contributed by atoms with van der Waals surface area (Å²) in [5, 5.41) is 10.6. The number of hydrogen-bond acceptors (Lipinski definition) is 3. The fourth-order valence-corrected chi connectivity index (χ4v) is 4.15. The van der Waals surface area contributed by atoms with Crippen molar-refractivity contribution in [1.29, 1.82) is 0 Å². The van der Waals surface area contributed by atoms with E-state index in [0.29, 0.717) is 10.6 Å². The van der Waals surface area contributed by atoms with Gasteiger partial charge < -0.3 is 5.11 Å². The van der Waals surface area contributed by atoms with Crippen LogP contribution in [0.1, 0.15) is 19.4 Å². The van der Waals surface area contributed by atoms with Crippen LogP contribution in [0.2, 0.25) is 5.02 Å². The maximum atomic E-state index is 12.5. The second-order valence-electron chi connectivity index (χ2n) is 5.39. The van der Waals surface area contributed by atoms with Crippen LogP contribution in [0, 0.1) is 12.8 Å². The van der Waals surface area contributed by atoms with E-state index in [-0.39, 0.29) is 23.9 Å². The Morgan fingerprint density at radius 3 is 2.47 bits per heavy atom. The van der Waals surface area contributed by atoms with Crippen LogP contribution in [0.4, 0.5) is 0 Å². The first-order valence-corrected chi connectivity index (χ1v) is 7.98. The van der Waals surface area contributed by atoms with Gasteiger partial charge in [0.2, 0.25) is 10.0 Å². The van der Waals surface area contributed by atoms with E-state index >= 15 is 0 Å². The molecular weight excluding hydrogens is 286 g/mol. The minimum atomic E-state index is -3.57. The maximum absolute atomic E-state index is 12.5. The quantitative estimate of drug-likeness (QED) is 0.929. The van der Waals surface area contributed by atoms with Gasteiger partial charge in [-0.1, -0.05) is 31.5 Å². The highest BCUT2D eigenvalue weighted by Crippen LogP contribution is 2.34. The predicted molar refractivity (Wildman–Crippen MR) is 74.7 cm³/mol. The third-order valence-corrected chi connectivity index (χ3v) is 6.16. The zero-order valence-corrected chi connectivity index (χ0v) is 12.8. The standard InChI is InChI=1S/C13H18ClNO3S/c1-9(2)13(16)7-15(8-13)19(17,18)12-6-4-5-11(14)10(12)3/h4-6,9,16H,7-8H2,1-3H3. The zero-order chi connectivity index (χ0) is 14.4. The summed E-state index contributed by atoms with van der Waals surface area (Å²) in [4.78, 5) is 0.214. The van der Waals surface area contributed by atoms with E-state index in [4.69, 9.17) is 11.6 Å². The van der Waals surface area contributed by atoms with E-state index in [1.54, 1.807) is 25.1 Å². The predicted octanol–water partition coefficient (Wildman–Crippen LogP) is 2.04. The van der Waals surface area contributed by atoms with Crippen molar-refractivity contribution in [2.24, 2.45) is 5.92 Å². The molecule has 4 nitrogen and oxygen atoms in total. The first-order valence-electron chi connectivity index (χ1n) is 6.16. The number of nitrogens with zero attached hydrogens (tertiary/aromatic N) is 1. The number of β-amino-alcohol motifs (C(OH)–C–C–N with tert-alkyl or cyclic N) is 1. The van der Waals surface area contributed by atoms with Gasteiger partial charge in [0, 0.05) is 18.1 Å². The summed E-state index contributed by atoms with van der Waals surface area (Å²) in [6, 6.07) is 4.83. The summed E-state index contributed by atoms with van der Waals surface area (Å²) in [5.41, 5.74) is -0.372. The Hall–Kier alpha value is -0.620. The molecule has 1 aliphatic heterocycles. The van der Waals surface area contributed by atoms with E-state index < -0.39 is 15.6 Å². The van der Waals surface area contributed by atoms with E-state index in [1.165, 1.54) is 4.31 Å². The molecule has 0 aliphatic carbocycles. The summed E-state index contributed by atoms with van der Waals surface area (Å²) in [6.07, 6.45) is 0. The molecule has 0 bridgehead atoms. The van der Waals surface area contributed by atoms with Crippen LogP contribution in [0.15, 0.2) is 23.1 Å². The third-order valence-electron chi connectivity index (χ3n) is 3.81. The average Bonchev–Trinajstić information content (AvgIpc) is 2.27. The van der Waals surface area contributed by atoms with Crippen LogP contribution in [0.3, 0.4) is 0 Å². The molecule has 0 amide bonds. The smallest absolute Gasteiger partial charge is 0.243 e. The van der Waals surface area contributed by atoms with Crippen molar-refractivity contribution in [2.45, 2.75) is 31.3 Å². The maximum Gasteiger partial charge on any atom is 0.243 e. The molecule has 19 heavy (non-hydrogen) atoms. The summed E-state index contributed by atoms with van der Waals surface area (Å²) < 4.78 is 26.2. The summed E-state index contributed by atoms with van der Waals surface area (Å²) >= 11 is 5.96. The van der Waals surface area contributed by atoms with E-state index in [0.717, 1.165) is 0 Å². The van der Waals surface area contributed by atoms with Crippen LogP contribution in [0.5, 0.6) is 0 Å². The molecule has 0 unspecified atom stereocenters. The van der Waals surface area contributed by atoms with Crippen LogP contribution in [0.25, 0.3) is 0 Å². The van der Waals surface area contributed by atoms with Crippen molar-refractivity contribution in [1.82, 2.24) is 4.31 Å². The molecule has 1 saturated heterocycles. The van der Waals surface area contributed by atoms with Crippen molar-refractivity contribution in [3.05, 3.63) is 28.8 Å². The Bertz CT molecular complexity index is 592. The Morgan fingerprint density at radius 1 is 1.37 bits per heavy atom. The Kier molecular flexibility index (Phi) is 3.68. The van der Waals surface area contributed by atoms with Crippen molar-refractivity contribution in [2.75, 3.05) is 13.1 Å². The Balaban J connectivity index is 2.29. The van der Waals surface area contributed by atoms with Crippen molar-refractivity contribution >= 4 is 21.6 Å². The second-order valence-corrected chi connectivity index (χ2v) is 7.71. The van der Waals surface area contributed by atoms with Gasteiger partial charge in [0.25, 0.3) is 0 Å². The minimum absolute atomic E-state index is 0.0272. The zero-order valence-electron chi connectivity index (χ0n) is 11.2. The van der Waals surface area contributed by atoms with Gasteiger partial charge in [0.15, 0.2) is 0 Å². The number of sulfonamides is 1. The summed E-state index contributed by atoms with van der Waals surface area (Å²) in [7, 11) is -3.57. The lowest BCUT2D eigenvalue weighted by atomic mass is 9.85. The van der Waals surface area contributed by atoms with Gasteiger partial charge in [-0.3, -0.25) is 0 Å². The molecule has 6 heteroatoms. The average molecular weight is 304 g/mol. The molecule has 0 atom stereocenters. The highest BCUT2D eigenvalue weighted by atomic mass is 35.5. The molecule has 1 aliphatic rings. The highest BCUT2D eigenvalue weighted by molar-refractivity contribution is 7.89. The first-order chi connectivity index (χ1) is 8.68. The lowest BCUT2D eigenvalue weighted by Gasteiger charge is -2.48. The van der Waals surface area contributed by atoms with Gasteiger partial charge in [0.05, 0.1) is 10.5 Å². The second kappa shape index (κ2) is 4.74. The normalized spacial score (nSPS) is 19.5. The molecule has 1 aromatic carbocycles. The molecule has 0 saturated carbocycles. The van der Waals surface area contributed by atoms with Crippen LogP contribution in [-0.4, -0.2) is 36.5 Å². The number of benzene rings is 1. The molecule has 106 valence electrons. The fraction of sp³-hybridized carbons (Fsp3) is 0.538. The van der Waals surface area contributed by atoms with Crippen LogP contribution >= 0.6 is 11.6 Å². The first kappa shape index (κ1) is 14.8. The molecule has 1 fully saturated rings. The number of rotatable bonds is 3. The van der Waals surface area contributed by atoms with Gasteiger partial charge in [-0.05, 0) is 30.5 Å². The molecule has 0 radical (unpaired) electrons. The molecule has 1 N–H and O–H groups in total. The fourth-order valence-electron chi connectivity index (χ4n) is 2.11. The van der Waals surface area contributed by atoms with Gasteiger partial charge in [-0.2, -0.15) is 4.31 Å². The van der Waals surface area contributed by atoms with Crippen molar-refractivity contribution in [3.8, 4) is 0 Å². The van der Waals surface area contributed by atoms with Gasteiger partial charge in [-0.25, -0.2) is 8.42 Å². The summed E-state index contributed by atoms with van der Waals surface area (Å²) in [6.45, 7) is 5.73. The lowest BCUT2D eigenvalue weighted by Crippen LogP contribution is -2.65. The van der Waals surface area contributed by atoms with Crippen molar-refractivity contribution in [3.63, 3.8) is 0 Å². The molecule has 1 aromatic rings. The monoisotopic (exact) mass is 303 g/mol. The summed E-state index contributed by atoms with van der Waals surface area (Å²) in [5.74, 6) is 0.0272. The third kappa shape index (κ3) is 2.40. The largest absolute Gasteiger partial charge is 0.387 e. The minimum Gasteiger partial charge on any atom is -0.387 e. The lowest BCUT2D eigenvalue weighted by molar-refractivity contribution is -0.0932. The Labute approximate surface area is 119 Å². The van der Waals surface area contributed by atoms with Gasteiger partial charge in [-0.15, -0.1) is 0 Å². The molecule has 2 rings (SSSR count).